The van der Waals surface area contributed by atoms with Gasteiger partial charge in [-0.2, -0.15) is 17.0 Å². The van der Waals surface area contributed by atoms with Crippen LogP contribution in [0.25, 0.3) is 0 Å². The maximum atomic E-state index is 12.9. The number of furan rings is 1. The second-order valence-electron chi connectivity index (χ2n) is 5.97. The molecule has 118 valence electrons. The lowest BCUT2D eigenvalue weighted by molar-refractivity contribution is 0.243. The van der Waals surface area contributed by atoms with E-state index in [0.29, 0.717) is 31.9 Å². The Morgan fingerprint density at radius 2 is 2.19 bits per heavy atom. The Kier molecular flexibility index (Phi) is 4.35. The zero-order chi connectivity index (χ0) is 14.9. The lowest BCUT2D eigenvalue weighted by Crippen LogP contribution is -2.49. The Morgan fingerprint density at radius 3 is 2.81 bits per heavy atom. The normalized spacial score (nSPS) is 24.6. The summed E-state index contributed by atoms with van der Waals surface area (Å²) in [5.41, 5.74) is 5.72. The molecule has 21 heavy (non-hydrogen) atoms. The fourth-order valence-corrected chi connectivity index (χ4v) is 4.83. The summed E-state index contributed by atoms with van der Waals surface area (Å²) in [7, 11) is -3.43. The summed E-state index contributed by atoms with van der Waals surface area (Å²) in [6.07, 6.45) is 5.37. The third kappa shape index (κ3) is 3.31. The van der Waals surface area contributed by atoms with E-state index in [4.69, 9.17) is 10.2 Å². The minimum absolute atomic E-state index is 0.123. The van der Waals surface area contributed by atoms with Crippen molar-refractivity contribution in [3.8, 4) is 0 Å². The molecule has 1 aliphatic heterocycles. The van der Waals surface area contributed by atoms with Crippen molar-refractivity contribution in [3.63, 3.8) is 0 Å². The van der Waals surface area contributed by atoms with Crippen molar-refractivity contribution in [1.82, 2.24) is 8.61 Å². The van der Waals surface area contributed by atoms with E-state index in [2.05, 4.69) is 0 Å². The number of rotatable bonds is 6. The Balaban J connectivity index is 1.77. The van der Waals surface area contributed by atoms with E-state index in [0.717, 1.165) is 25.7 Å². The number of hydrogen-bond acceptors (Lipinski definition) is 4. The van der Waals surface area contributed by atoms with Gasteiger partial charge < -0.3 is 10.2 Å². The van der Waals surface area contributed by atoms with E-state index in [-0.39, 0.29) is 12.0 Å². The van der Waals surface area contributed by atoms with Crippen molar-refractivity contribution in [2.45, 2.75) is 38.3 Å². The Morgan fingerprint density at radius 1 is 1.38 bits per heavy atom. The summed E-state index contributed by atoms with van der Waals surface area (Å²) in [5.74, 6) is 0.969. The topological polar surface area (TPSA) is 79.8 Å². The van der Waals surface area contributed by atoms with Crippen LogP contribution < -0.4 is 5.73 Å². The van der Waals surface area contributed by atoms with Crippen LogP contribution in [0.15, 0.2) is 22.8 Å². The number of hydrogen-bond donors (Lipinski definition) is 1. The summed E-state index contributed by atoms with van der Waals surface area (Å²) in [6.45, 7) is 2.01. The molecule has 0 aromatic carbocycles. The van der Waals surface area contributed by atoms with Crippen LogP contribution in [-0.2, 0) is 16.8 Å². The van der Waals surface area contributed by atoms with E-state index in [1.165, 1.54) is 0 Å². The van der Waals surface area contributed by atoms with E-state index in [9.17, 15) is 8.42 Å². The molecule has 2 fully saturated rings. The van der Waals surface area contributed by atoms with Crippen molar-refractivity contribution in [2.75, 3.05) is 19.6 Å². The second kappa shape index (κ2) is 6.08. The lowest BCUT2D eigenvalue weighted by atomic mass is 10.0. The molecule has 2 N–H and O–H groups in total. The fourth-order valence-electron chi connectivity index (χ4n) is 2.89. The monoisotopic (exact) mass is 313 g/mol. The van der Waals surface area contributed by atoms with Crippen LogP contribution in [0, 0.1) is 5.92 Å². The number of piperidine rings is 1. The Labute approximate surface area is 126 Å². The molecule has 6 nitrogen and oxygen atoms in total. The summed E-state index contributed by atoms with van der Waals surface area (Å²) in [5, 5.41) is 0. The predicted octanol–water partition coefficient (Wildman–Crippen LogP) is 1.16. The average Bonchev–Trinajstić information content (AvgIpc) is 3.20. The maximum absolute atomic E-state index is 12.9. The molecule has 1 saturated heterocycles. The van der Waals surface area contributed by atoms with Gasteiger partial charge in [0, 0.05) is 19.1 Å². The quantitative estimate of drug-likeness (QED) is 0.854. The number of nitrogens with zero attached hydrogens (tertiary/aromatic N) is 2. The molecule has 1 unspecified atom stereocenters. The second-order valence-corrected chi connectivity index (χ2v) is 7.85. The van der Waals surface area contributed by atoms with Gasteiger partial charge in [0.1, 0.15) is 5.76 Å². The zero-order valence-electron chi connectivity index (χ0n) is 12.1. The Hall–Kier alpha value is -0.890. The van der Waals surface area contributed by atoms with Crippen LogP contribution in [0.5, 0.6) is 0 Å². The molecule has 0 radical (unpaired) electrons. The van der Waals surface area contributed by atoms with Gasteiger partial charge in [0.15, 0.2) is 0 Å². The molecular formula is C14H23N3O3S. The van der Waals surface area contributed by atoms with Crippen LogP contribution in [0.3, 0.4) is 0 Å². The predicted molar refractivity (Wildman–Crippen MR) is 79.5 cm³/mol. The molecule has 7 heteroatoms. The minimum Gasteiger partial charge on any atom is -0.468 e. The van der Waals surface area contributed by atoms with Gasteiger partial charge in [-0.3, -0.25) is 0 Å². The van der Waals surface area contributed by atoms with Crippen LogP contribution in [0.2, 0.25) is 0 Å². The van der Waals surface area contributed by atoms with Gasteiger partial charge in [0.05, 0.1) is 12.8 Å². The van der Waals surface area contributed by atoms with E-state index in [1.807, 2.05) is 6.07 Å². The zero-order valence-corrected chi connectivity index (χ0v) is 13.0. The molecule has 1 aromatic heterocycles. The van der Waals surface area contributed by atoms with Crippen LogP contribution in [0.4, 0.5) is 0 Å². The van der Waals surface area contributed by atoms with E-state index < -0.39 is 10.2 Å². The molecule has 3 rings (SSSR count). The highest BCUT2D eigenvalue weighted by Crippen LogP contribution is 2.33. The van der Waals surface area contributed by atoms with E-state index >= 15 is 0 Å². The molecule has 1 atom stereocenters. The molecular weight excluding hydrogens is 290 g/mol. The van der Waals surface area contributed by atoms with Gasteiger partial charge in [-0.15, -0.1) is 0 Å². The summed E-state index contributed by atoms with van der Waals surface area (Å²) < 4.78 is 34.4. The third-order valence-electron chi connectivity index (χ3n) is 4.28. The summed E-state index contributed by atoms with van der Waals surface area (Å²) >= 11 is 0. The van der Waals surface area contributed by atoms with Crippen LogP contribution >= 0.6 is 0 Å². The molecule has 0 amide bonds. The highest BCUT2D eigenvalue weighted by Gasteiger charge is 2.41. The first-order valence-corrected chi connectivity index (χ1v) is 9.00. The van der Waals surface area contributed by atoms with Gasteiger partial charge in [0.2, 0.25) is 0 Å². The van der Waals surface area contributed by atoms with Gasteiger partial charge in [-0.1, -0.05) is 0 Å². The van der Waals surface area contributed by atoms with Gasteiger partial charge in [-0.25, -0.2) is 0 Å². The molecule has 1 saturated carbocycles. The first-order chi connectivity index (χ1) is 10.1. The van der Waals surface area contributed by atoms with Crippen molar-refractivity contribution >= 4 is 10.2 Å². The van der Waals surface area contributed by atoms with Crippen molar-refractivity contribution in [3.05, 3.63) is 24.2 Å². The average molecular weight is 313 g/mol. The largest absolute Gasteiger partial charge is 0.468 e. The van der Waals surface area contributed by atoms with Crippen molar-refractivity contribution in [2.24, 2.45) is 11.7 Å². The molecule has 2 aliphatic rings. The minimum atomic E-state index is -3.43. The summed E-state index contributed by atoms with van der Waals surface area (Å²) in [4.78, 5) is 0. The first kappa shape index (κ1) is 15.0. The van der Waals surface area contributed by atoms with Gasteiger partial charge in [-0.05, 0) is 50.3 Å². The highest BCUT2D eigenvalue weighted by atomic mass is 32.2. The third-order valence-corrected chi connectivity index (χ3v) is 6.29. The fraction of sp³-hybridized carbons (Fsp3) is 0.714. The SMILES string of the molecule is NCC1CCCN(S(=O)(=O)N(Cc2ccco2)C2CC2)C1. The highest BCUT2D eigenvalue weighted by molar-refractivity contribution is 7.86. The smallest absolute Gasteiger partial charge is 0.282 e. The van der Waals surface area contributed by atoms with Gasteiger partial charge >= 0.3 is 0 Å². The number of nitrogens with two attached hydrogens (primary N) is 1. The molecule has 0 spiro atoms. The standard InChI is InChI=1S/C14H23N3O3S/c15-9-12-3-1-7-16(10-12)21(18,19)17(13-5-6-13)11-14-4-2-8-20-14/h2,4,8,12-13H,1,3,5-7,9-11,15H2. The summed E-state index contributed by atoms with van der Waals surface area (Å²) in [6, 6.07) is 3.74. The van der Waals surface area contributed by atoms with Gasteiger partial charge in [0.25, 0.3) is 10.2 Å². The first-order valence-electron chi connectivity index (χ1n) is 7.60. The van der Waals surface area contributed by atoms with Crippen LogP contribution in [-0.4, -0.2) is 42.7 Å². The molecule has 2 heterocycles. The molecule has 0 bridgehead atoms. The molecule has 1 aliphatic carbocycles. The molecule has 1 aromatic rings. The Bertz CT molecular complexity index is 554. The van der Waals surface area contributed by atoms with Crippen molar-refractivity contribution in [1.29, 1.82) is 0 Å². The maximum Gasteiger partial charge on any atom is 0.282 e. The lowest BCUT2D eigenvalue weighted by Gasteiger charge is -2.35. The van der Waals surface area contributed by atoms with E-state index in [1.54, 1.807) is 20.9 Å². The van der Waals surface area contributed by atoms with Crippen LogP contribution in [0.1, 0.15) is 31.4 Å². The van der Waals surface area contributed by atoms with Crippen molar-refractivity contribution < 1.29 is 12.8 Å².